The number of nitrogens with one attached hydrogen (secondary N) is 2. The summed E-state index contributed by atoms with van der Waals surface area (Å²) in [5, 5.41) is 15.8. The molecule has 3 rings (SSSR count). The van der Waals surface area contributed by atoms with Gasteiger partial charge in [-0.3, -0.25) is 5.32 Å². The molecule has 2 N–H and O–H groups in total. The van der Waals surface area contributed by atoms with Gasteiger partial charge < -0.3 is 5.32 Å². The molecular formula is C20H23N3OS. The Bertz CT molecular complexity index is 822. The van der Waals surface area contributed by atoms with Gasteiger partial charge in [-0.15, -0.1) is 11.3 Å². The lowest BCUT2D eigenvalue weighted by molar-refractivity contribution is 0.262. The summed E-state index contributed by atoms with van der Waals surface area (Å²) in [4.78, 5) is 13.6. The summed E-state index contributed by atoms with van der Waals surface area (Å²) in [7, 11) is 0. The first-order valence-corrected chi connectivity index (χ1v) is 9.43. The molecule has 1 aromatic carbocycles. The van der Waals surface area contributed by atoms with Crippen molar-refractivity contribution in [2.75, 3.05) is 10.6 Å². The van der Waals surface area contributed by atoms with Crippen LogP contribution in [0, 0.1) is 11.3 Å². The van der Waals surface area contributed by atoms with Crippen LogP contribution in [0.15, 0.2) is 24.3 Å². The SMILES string of the molecule is CC(C)(C)c1ccc(NC(=O)Nc2sc3c(c2C#N)CCCC3)cc1. The predicted octanol–water partition coefficient (Wildman–Crippen LogP) is 5.44. The largest absolute Gasteiger partial charge is 0.324 e. The third kappa shape index (κ3) is 3.85. The molecule has 0 radical (unpaired) electrons. The summed E-state index contributed by atoms with van der Waals surface area (Å²) in [6, 6.07) is 9.83. The molecule has 1 aromatic heterocycles. The van der Waals surface area contributed by atoms with E-state index in [1.54, 1.807) is 0 Å². The Morgan fingerprint density at radius 2 is 1.80 bits per heavy atom. The van der Waals surface area contributed by atoms with Gasteiger partial charge in [0.1, 0.15) is 11.1 Å². The van der Waals surface area contributed by atoms with Crippen LogP contribution in [0.2, 0.25) is 0 Å². The minimum absolute atomic E-state index is 0.0819. The quantitative estimate of drug-likeness (QED) is 0.755. The smallest absolute Gasteiger partial charge is 0.308 e. The number of thiophene rings is 1. The Kier molecular flexibility index (Phi) is 4.82. The molecular weight excluding hydrogens is 330 g/mol. The van der Waals surface area contributed by atoms with Crippen molar-refractivity contribution in [1.29, 1.82) is 5.26 Å². The Morgan fingerprint density at radius 3 is 2.44 bits per heavy atom. The van der Waals surface area contributed by atoms with E-state index in [9.17, 15) is 10.1 Å². The number of aryl methyl sites for hydroxylation is 1. The van der Waals surface area contributed by atoms with Crippen molar-refractivity contribution in [3.05, 3.63) is 45.8 Å². The van der Waals surface area contributed by atoms with E-state index in [0.717, 1.165) is 36.9 Å². The summed E-state index contributed by atoms with van der Waals surface area (Å²) in [5.41, 5.74) is 3.81. The van der Waals surface area contributed by atoms with Gasteiger partial charge in [0.05, 0.1) is 5.56 Å². The highest BCUT2D eigenvalue weighted by Gasteiger charge is 2.21. The van der Waals surface area contributed by atoms with Crippen LogP contribution >= 0.6 is 11.3 Å². The third-order valence-corrected chi connectivity index (χ3v) is 5.73. The van der Waals surface area contributed by atoms with Crippen LogP contribution in [0.25, 0.3) is 0 Å². The molecule has 2 amide bonds. The van der Waals surface area contributed by atoms with E-state index in [1.807, 2.05) is 24.3 Å². The van der Waals surface area contributed by atoms with E-state index < -0.39 is 0 Å². The lowest BCUT2D eigenvalue weighted by atomic mass is 9.87. The van der Waals surface area contributed by atoms with E-state index in [4.69, 9.17) is 0 Å². The number of nitriles is 1. The van der Waals surface area contributed by atoms with Crippen molar-refractivity contribution < 1.29 is 4.79 Å². The second kappa shape index (κ2) is 6.89. The molecule has 5 heteroatoms. The molecule has 0 fully saturated rings. The number of carbonyl (C=O) groups is 1. The number of anilines is 2. The van der Waals surface area contributed by atoms with Gasteiger partial charge in [-0.05, 0) is 54.4 Å². The highest BCUT2D eigenvalue weighted by Crippen LogP contribution is 2.37. The topological polar surface area (TPSA) is 64.9 Å². The zero-order chi connectivity index (χ0) is 18.0. The number of hydrogen-bond acceptors (Lipinski definition) is 3. The number of nitrogens with zero attached hydrogens (tertiary/aromatic N) is 1. The molecule has 0 saturated carbocycles. The maximum atomic E-state index is 12.3. The molecule has 0 saturated heterocycles. The van der Waals surface area contributed by atoms with Crippen molar-refractivity contribution >= 4 is 28.1 Å². The van der Waals surface area contributed by atoms with Crippen molar-refractivity contribution in [2.24, 2.45) is 0 Å². The zero-order valence-electron chi connectivity index (χ0n) is 14.9. The highest BCUT2D eigenvalue weighted by molar-refractivity contribution is 7.16. The molecule has 0 unspecified atom stereocenters. The van der Waals surface area contributed by atoms with Crippen LogP contribution in [0.5, 0.6) is 0 Å². The molecule has 1 heterocycles. The van der Waals surface area contributed by atoms with Crippen LogP contribution in [0.1, 0.15) is 55.2 Å². The molecule has 130 valence electrons. The average molecular weight is 353 g/mol. The first kappa shape index (κ1) is 17.5. The molecule has 1 aliphatic carbocycles. The number of hydrogen-bond donors (Lipinski definition) is 2. The maximum absolute atomic E-state index is 12.3. The lowest BCUT2D eigenvalue weighted by Crippen LogP contribution is -2.19. The molecule has 0 bridgehead atoms. The molecule has 4 nitrogen and oxygen atoms in total. The Labute approximate surface area is 152 Å². The van der Waals surface area contributed by atoms with Crippen LogP contribution < -0.4 is 10.6 Å². The minimum Gasteiger partial charge on any atom is -0.308 e. The van der Waals surface area contributed by atoms with Gasteiger partial charge in [0.25, 0.3) is 0 Å². The molecule has 1 aliphatic rings. The fourth-order valence-electron chi connectivity index (χ4n) is 3.09. The van der Waals surface area contributed by atoms with Crippen molar-refractivity contribution in [3.63, 3.8) is 0 Å². The molecule has 2 aromatic rings. The van der Waals surface area contributed by atoms with Crippen molar-refractivity contribution in [1.82, 2.24) is 0 Å². The third-order valence-electron chi connectivity index (χ3n) is 4.52. The van der Waals surface area contributed by atoms with Gasteiger partial charge in [0.15, 0.2) is 0 Å². The van der Waals surface area contributed by atoms with Crippen LogP contribution in [-0.4, -0.2) is 6.03 Å². The average Bonchev–Trinajstić information content (AvgIpc) is 2.91. The van der Waals surface area contributed by atoms with Gasteiger partial charge in [-0.2, -0.15) is 5.26 Å². The number of urea groups is 1. The van der Waals surface area contributed by atoms with E-state index in [1.165, 1.54) is 21.8 Å². The van der Waals surface area contributed by atoms with Gasteiger partial charge in [-0.25, -0.2) is 4.79 Å². The number of benzene rings is 1. The second-order valence-corrected chi connectivity index (χ2v) is 8.54. The highest BCUT2D eigenvalue weighted by atomic mass is 32.1. The number of fused-ring (bicyclic) bond motifs is 1. The molecule has 0 spiro atoms. The van der Waals surface area contributed by atoms with E-state index in [-0.39, 0.29) is 11.4 Å². The molecule has 0 aliphatic heterocycles. The minimum atomic E-state index is -0.307. The second-order valence-electron chi connectivity index (χ2n) is 7.43. The lowest BCUT2D eigenvalue weighted by Gasteiger charge is -2.19. The van der Waals surface area contributed by atoms with Gasteiger partial charge in [0, 0.05) is 10.6 Å². The Balaban J connectivity index is 1.71. The van der Waals surface area contributed by atoms with E-state index >= 15 is 0 Å². The summed E-state index contributed by atoms with van der Waals surface area (Å²) < 4.78 is 0. The first-order valence-electron chi connectivity index (χ1n) is 8.61. The van der Waals surface area contributed by atoms with Gasteiger partial charge >= 0.3 is 6.03 Å². The first-order chi connectivity index (χ1) is 11.9. The van der Waals surface area contributed by atoms with Crippen LogP contribution in [0.3, 0.4) is 0 Å². The van der Waals surface area contributed by atoms with Crippen LogP contribution in [-0.2, 0) is 18.3 Å². The Morgan fingerprint density at radius 1 is 1.12 bits per heavy atom. The fraction of sp³-hybridized carbons (Fsp3) is 0.400. The summed E-state index contributed by atoms with van der Waals surface area (Å²) in [5.74, 6) is 0. The number of amides is 2. The van der Waals surface area contributed by atoms with Crippen molar-refractivity contribution in [2.45, 2.75) is 51.9 Å². The summed E-state index contributed by atoms with van der Waals surface area (Å²) >= 11 is 1.54. The number of rotatable bonds is 2. The van der Waals surface area contributed by atoms with E-state index in [0.29, 0.717) is 10.6 Å². The van der Waals surface area contributed by atoms with E-state index in [2.05, 4.69) is 37.5 Å². The molecule has 0 atom stereocenters. The van der Waals surface area contributed by atoms with Crippen LogP contribution in [0.4, 0.5) is 15.5 Å². The summed E-state index contributed by atoms with van der Waals surface area (Å²) in [6.45, 7) is 6.47. The molecule has 25 heavy (non-hydrogen) atoms. The monoisotopic (exact) mass is 353 g/mol. The standard InChI is InChI=1S/C20H23N3OS/c1-20(2,3)13-8-10-14(11-9-13)22-19(24)23-18-16(12-21)15-6-4-5-7-17(15)25-18/h8-11H,4-7H2,1-3H3,(H2,22,23,24). The zero-order valence-corrected chi connectivity index (χ0v) is 15.7. The Hall–Kier alpha value is -2.32. The summed E-state index contributed by atoms with van der Waals surface area (Å²) in [6.07, 6.45) is 4.22. The van der Waals surface area contributed by atoms with Gasteiger partial charge in [-0.1, -0.05) is 32.9 Å². The fourth-order valence-corrected chi connectivity index (χ4v) is 4.33. The normalized spacial score (nSPS) is 13.7. The number of carbonyl (C=O) groups excluding carboxylic acids is 1. The maximum Gasteiger partial charge on any atom is 0.324 e. The van der Waals surface area contributed by atoms with Gasteiger partial charge in [0.2, 0.25) is 0 Å². The van der Waals surface area contributed by atoms with Crippen molar-refractivity contribution in [3.8, 4) is 6.07 Å². The predicted molar refractivity (Wildman–Crippen MR) is 103 cm³/mol.